The van der Waals surface area contributed by atoms with Gasteiger partial charge in [-0.1, -0.05) is 48.5 Å². The highest BCUT2D eigenvalue weighted by Crippen LogP contribution is 2.21. The number of benzene rings is 2. The van der Waals surface area contributed by atoms with Crippen LogP contribution in [0.5, 0.6) is 0 Å². The Kier molecular flexibility index (Phi) is 3.50. The molecule has 2 aromatic heterocycles. The lowest BCUT2D eigenvalue weighted by Gasteiger charge is -2.01. The van der Waals surface area contributed by atoms with E-state index in [4.69, 9.17) is 4.42 Å². The fraction of sp³-hybridized carbons (Fsp3) is 0.0526. The van der Waals surface area contributed by atoms with Crippen molar-refractivity contribution in [2.75, 3.05) is 0 Å². The van der Waals surface area contributed by atoms with Gasteiger partial charge < -0.3 is 4.42 Å². The molecule has 0 N–H and O–H groups in total. The molecular formula is C19H13N3O3. The summed E-state index contributed by atoms with van der Waals surface area (Å²) in [4.78, 5) is 29.5. The summed E-state index contributed by atoms with van der Waals surface area (Å²) in [7, 11) is 0. The number of ketones is 1. The molecule has 25 heavy (non-hydrogen) atoms. The highest BCUT2D eigenvalue weighted by atomic mass is 16.4. The molecule has 0 amide bonds. The third-order valence-electron chi connectivity index (χ3n) is 3.82. The Morgan fingerprint density at radius 2 is 1.64 bits per heavy atom. The van der Waals surface area contributed by atoms with Crippen molar-refractivity contribution in [1.29, 1.82) is 0 Å². The molecule has 0 atom stereocenters. The maximum Gasteiger partial charge on any atom is 0.365 e. The van der Waals surface area contributed by atoms with E-state index < -0.39 is 5.63 Å². The van der Waals surface area contributed by atoms with Gasteiger partial charge in [0.05, 0.1) is 5.69 Å². The molecule has 0 aliphatic carbocycles. The van der Waals surface area contributed by atoms with E-state index in [1.807, 2.05) is 24.3 Å². The summed E-state index contributed by atoms with van der Waals surface area (Å²) in [5, 5.41) is 4.38. The van der Waals surface area contributed by atoms with Crippen LogP contribution in [0, 0.1) is 6.92 Å². The Balaban J connectivity index is 2.03. The Morgan fingerprint density at radius 1 is 1.00 bits per heavy atom. The monoisotopic (exact) mass is 331 g/mol. The van der Waals surface area contributed by atoms with Crippen LogP contribution in [0.3, 0.4) is 0 Å². The van der Waals surface area contributed by atoms with Gasteiger partial charge in [-0.15, -0.1) is 0 Å². The van der Waals surface area contributed by atoms with Crippen molar-refractivity contribution in [1.82, 2.24) is 14.8 Å². The topological polar surface area (TPSA) is 78.0 Å². The Bertz CT molecular complexity index is 1130. The zero-order valence-electron chi connectivity index (χ0n) is 13.3. The molecule has 0 fully saturated rings. The number of carbonyl (C=O) groups is 1. The third kappa shape index (κ3) is 2.53. The van der Waals surface area contributed by atoms with Crippen LogP contribution in [-0.2, 0) is 0 Å². The second-order valence-electron chi connectivity index (χ2n) is 5.51. The Hall–Kier alpha value is -3.54. The predicted octanol–water partition coefficient (Wildman–Crippen LogP) is 2.91. The second kappa shape index (κ2) is 5.83. The summed E-state index contributed by atoms with van der Waals surface area (Å²) in [6.07, 6.45) is 0. The quantitative estimate of drug-likeness (QED) is 0.539. The molecule has 2 aromatic carbocycles. The summed E-state index contributed by atoms with van der Waals surface area (Å²) in [6.45, 7) is 1.57. The van der Waals surface area contributed by atoms with Gasteiger partial charge in [0.25, 0.3) is 0 Å². The molecule has 6 heteroatoms. The van der Waals surface area contributed by atoms with Gasteiger partial charge in [-0.3, -0.25) is 4.79 Å². The number of para-hydroxylation sites is 1. The molecule has 0 radical (unpaired) electrons. The molecule has 0 saturated carbocycles. The fourth-order valence-electron chi connectivity index (χ4n) is 2.70. The van der Waals surface area contributed by atoms with E-state index in [1.54, 1.807) is 43.3 Å². The van der Waals surface area contributed by atoms with Crippen molar-refractivity contribution in [2.24, 2.45) is 0 Å². The maximum atomic E-state index is 12.9. The molecule has 6 nitrogen and oxygen atoms in total. The normalized spacial score (nSPS) is 10.9. The number of aromatic nitrogens is 3. The van der Waals surface area contributed by atoms with Crippen LogP contribution in [0.15, 0.2) is 69.9 Å². The molecule has 0 saturated heterocycles. The predicted molar refractivity (Wildman–Crippen MR) is 92.0 cm³/mol. The maximum absolute atomic E-state index is 12.9. The van der Waals surface area contributed by atoms with Crippen molar-refractivity contribution >= 4 is 16.8 Å². The number of aryl methyl sites for hydroxylation is 1. The van der Waals surface area contributed by atoms with Crippen LogP contribution in [0.25, 0.3) is 16.7 Å². The van der Waals surface area contributed by atoms with Gasteiger partial charge in [0, 0.05) is 12.5 Å². The van der Waals surface area contributed by atoms with Crippen LogP contribution in [0.1, 0.15) is 21.9 Å². The number of hydrogen-bond acceptors (Lipinski definition) is 5. The lowest BCUT2D eigenvalue weighted by Crippen LogP contribution is -2.08. The summed E-state index contributed by atoms with van der Waals surface area (Å²) >= 11 is 0. The molecule has 0 aliphatic heterocycles. The Labute approximate surface area is 142 Å². The smallest absolute Gasteiger partial charge is 0.365 e. The van der Waals surface area contributed by atoms with E-state index >= 15 is 0 Å². The largest absolute Gasteiger partial charge is 0.407 e. The third-order valence-corrected chi connectivity index (χ3v) is 3.82. The van der Waals surface area contributed by atoms with Crippen molar-refractivity contribution in [3.05, 3.63) is 88.2 Å². The summed E-state index contributed by atoms with van der Waals surface area (Å²) in [6, 6.07) is 17.9. The molecule has 0 spiro atoms. The van der Waals surface area contributed by atoms with Crippen molar-refractivity contribution < 1.29 is 9.21 Å². The zero-order chi connectivity index (χ0) is 17.4. The number of fused-ring (bicyclic) bond motifs is 1. The molecule has 0 aliphatic rings. The zero-order valence-corrected chi connectivity index (χ0v) is 13.3. The van der Waals surface area contributed by atoms with Crippen molar-refractivity contribution in [3.8, 4) is 5.69 Å². The summed E-state index contributed by atoms with van der Waals surface area (Å²) < 4.78 is 6.52. The van der Waals surface area contributed by atoms with Gasteiger partial charge in [0.2, 0.25) is 5.78 Å². The first-order valence-corrected chi connectivity index (χ1v) is 7.71. The second-order valence-corrected chi connectivity index (χ2v) is 5.51. The SMILES string of the molecule is Cc1nc2c(C(=O)c3ccccc3)nn(-c3ccccc3)c2c(=O)o1. The van der Waals surface area contributed by atoms with E-state index in [0.29, 0.717) is 11.3 Å². The van der Waals surface area contributed by atoms with Gasteiger partial charge in [-0.2, -0.15) is 5.10 Å². The molecule has 4 rings (SSSR count). The summed E-state index contributed by atoms with van der Waals surface area (Å²) in [5.41, 5.74) is 1.07. The number of nitrogens with zero attached hydrogens (tertiary/aromatic N) is 3. The van der Waals surface area contributed by atoms with Crippen molar-refractivity contribution in [3.63, 3.8) is 0 Å². The summed E-state index contributed by atoms with van der Waals surface area (Å²) in [5.74, 6) is -0.106. The molecular weight excluding hydrogens is 318 g/mol. The average molecular weight is 331 g/mol. The van der Waals surface area contributed by atoms with E-state index in [9.17, 15) is 9.59 Å². The van der Waals surface area contributed by atoms with Crippen LogP contribution in [-0.4, -0.2) is 20.5 Å². The minimum absolute atomic E-state index is 0.126. The van der Waals surface area contributed by atoms with Crippen LogP contribution >= 0.6 is 0 Å². The number of carbonyl (C=O) groups excluding carboxylic acids is 1. The first-order chi connectivity index (χ1) is 12.1. The highest BCUT2D eigenvalue weighted by Gasteiger charge is 2.23. The first kappa shape index (κ1) is 15.0. The number of hydrogen-bond donors (Lipinski definition) is 0. The molecule has 122 valence electrons. The van der Waals surface area contributed by atoms with Gasteiger partial charge in [0.1, 0.15) is 5.52 Å². The van der Waals surface area contributed by atoms with E-state index in [0.717, 1.165) is 0 Å². The van der Waals surface area contributed by atoms with E-state index in [2.05, 4.69) is 10.1 Å². The Morgan fingerprint density at radius 3 is 2.32 bits per heavy atom. The van der Waals surface area contributed by atoms with Crippen LogP contribution in [0.4, 0.5) is 0 Å². The van der Waals surface area contributed by atoms with E-state index in [-0.39, 0.29) is 28.4 Å². The molecule has 2 heterocycles. The lowest BCUT2D eigenvalue weighted by atomic mass is 10.1. The van der Waals surface area contributed by atoms with Gasteiger partial charge in [0.15, 0.2) is 17.1 Å². The van der Waals surface area contributed by atoms with Crippen LogP contribution < -0.4 is 5.63 Å². The molecule has 0 unspecified atom stereocenters. The number of rotatable bonds is 3. The fourth-order valence-corrected chi connectivity index (χ4v) is 2.70. The molecule has 0 bridgehead atoms. The standard InChI is InChI=1S/C19H13N3O3/c1-12-20-15-16(18(23)13-8-4-2-5-9-13)21-22(17(15)19(24)25-12)14-10-6-3-7-11-14/h2-11H,1H3. The highest BCUT2D eigenvalue weighted by molar-refractivity contribution is 6.14. The van der Waals surface area contributed by atoms with Crippen molar-refractivity contribution in [2.45, 2.75) is 6.92 Å². The minimum Gasteiger partial charge on any atom is -0.407 e. The van der Waals surface area contributed by atoms with Gasteiger partial charge in [-0.25, -0.2) is 14.5 Å². The van der Waals surface area contributed by atoms with Gasteiger partial charge in [-0.05, 0) is 12.1 Å². The minimum atomic E-state index is -0.578. The molecule has 4 aromatic rings. The van der Waals surface area contributed by atoms with Gasteiger partial charge >= 0.3 is 5.63 Å². The van der Waals surface area contributed by atoms with E-state index in [1.165, 1.54) is 4.68 Å². The first-order valence-electron chi connectivity index (χ1n) is 7.71. The lowest BCUT2D eigenvalue weighted by molar-refractivity contribution is 0.103. The van der Waals surface area contributed by atoms with Crippen LogP contribution in [0.2, 0.25) is 0 Å². The average Bonchev–Trinajstić information content (AvgIpc) is 3.02.